The van der Waals surface area contributed by atoms with E-state index in [-0.39, 0.29) is 18.2 Å². The summed E-state index contributed by atoms with van der Waals surface area (Å²) in [5.41, 5.74) is 1.43. The van der Waals surface area contributed by atoms with Crippen molar-refractivity contribution in [2.75, 3.05) is 5.32 Å². The average Bonchev–Trinajstić information content (AvgIpc) is 3.11. The van der Waals surface area contributed by atoms with Crippen molar-refractivity contribution in [2.24, 2.45) is 0 Å². The molecule has 0 bridgehead atoms. The predicted molar refractivity (Wildman–Crippen MR) is 117 cm³/mol. The number of nitrogens with one attached hydrogen (secondary N) is 1. The number of benzene rings is 3. The van der Waals surface area contributed by atoms with Gasteiger partial charge in [-0.05, 0) is 48.9 Å². The summed E-state index contributed by atoms with van der Waals surface area (Å²) in [6, 6.07) is 19.7. The summed E-state index contributed by atoms with van der Waals surface area (Å²) in [5.74, 6) is -0.602. The highest BCUT2D eigenvalue weighted by molar-refractivity contribution is 5.93. The standard InChI is InChI=1S/C24H19FN4O2/c1-24(31,16-6-4-3-5-7-16)15-22(30)28-23-27-20-13-10-18(26-2)14-21(20)29(23)19-11-8-17(25)9-12-19/h3-14,31H,15H2,1H3,(H,27,28,30)/t24-/m1/s1. The molecule has 0 aliphatic heterocycles. The number of carbonyl (C=O) groups excluding carboxylic acids is 1. The van der Waals surface area contributed by atoms with Crippen molar-refractivity contribution in [2.45, 2.75) is 18.9 Å². The molecule has 0 spiro atoms. The second kappa shape index (κ2) is 8.01. The van der Waals surface area contributed by atoms with E-state index >= 15 is 0 Å². The number of imidazole rings is 1. The molecule has 1 amide bonds. The molecule has 0 aliphatic carbocycles. The van der Waals surface area contributed by atoms with Crippen LogP contribution < -0.4 is 5.32 Å². The van der Waals surface area contributed by atoms with E-state index < -0.39 is 11.5 Å². The molecule has 1 atom stereocenters. The van der Waals surface area contributed by atoms with E-state index in [4.69, 9.17) is 6.57 Å². The Kier molecular flexibility index (Phi) is 5.24. The lowest BCUT2D eigenvalue weighted by atomic mass is 9.92. The first kappa shape index (κ1) is 20.3. The molecule has 0 unspecified atom stereocenters. The summed E-state index contributed by atoms with van der Waals surface area (Å²) in [4.78, 5) is 20.7. The van der Waals surface area contributed by atoms with Crippen LogP contribution in [0.4, 0.5) is 16.0 Å². The van der Waals surface area contributed by atoms with Gasteiger partial charge in [-0.15, -0.1) is 0 Å². The molecule has 4 rings (SSSR count). The molecule has 2 N–H and O–H groups in total. The number of nitrogens with zero attached hydrogens (tertiary/aromatic N) is 3. The van der Waals surface area contributed by atoms with E-state index in [0.717, 1.165) is 0 Å². The lowest BCUT2D eigenvalue weighted by Crippen LogP contribution is -2.29. The molecular formula is C24H19FN4O2. The number of hydrogen-bond acceptors (Lipinski definition) is 3. The maximum Gasteiger partial charge on any atom is 0.229 e. The molecule has 6 nitrogen and oxygen atoms in total. The lowest BCUT2D eigenvalue weighted by molar-refractivity contribution is -0.120. The minimum atomic E-state index is -1.37. The molecule has 3 aromatic carbocycles. The van der Waals surface area contributed by atoms with Crippen LogP contribution in [0.15, 0.2) is 72.8 Å². The first-order valence-electron chi connectivity index (χ1n) is 9.61. The molecule has 1 heterocycles. The summed E-state index contributed by atoms with van der Waals surface area (Å²) in [6.45, 7) is 8.85. The van der Waals surface area contributed by atoms with Crippen LogP contribution in [0.2, 0.25) is 0 Å². The van der Waals surface area contributed by atoms with Gasteiger partial charge < -0.3 is 5.11 Å². The molecule has 154 valence electrons. The third-order valence-electron chi connectivity index (χ3n) is 5.00. The zero-order valence-electron chi connectivity index (χ0n) is 16.7. The minimum Gasteiger partial charge on any atom is -0.385 e. The third kappa shape index (κ3) is 4.15. The maximum atomic E-state index is 13.5. The predicted octanol–water partition coefficient (Wildman–Crippen LogP) is 4.95. The zero-order chi connectivity index (χ0) is 22.0. The highest BCUT2D eigenvalue weighted by Gasteiger charge is 2.27. The van der Waals surface area contributed by atoms with Crippen LogP contribution in [0.1, 0.15) is 18.9 Å². The fourth-order valence-electron chi connectivity index (χ4n) is 3.45. The zero-order valence-corrected chi connectivity index (χ0v) is 16.7. The molecule has 0 saturated heterocycles. The summed E-state index contributed by atoms with van der Waals surface area (Å²) < 4.78 is 15.1. The van der Waals surface area contributed by atoms with Gasteiger partial charge in [0.2, 0.25) is 11.9 Å². The largest absolute Gasteiger partial charge is 0.385 e. The Morgan fingerprint density at radius 3 is 2.55 bits per heavy atom. The van der Waals surface area contributed by atoms with E-state index in [2.05, 4.69) is 15.1 Å². The van der Waals surface area contributed by atoms with Crippen molar-refractivity contribution in [1.82, 2.24) is 9.55 Å². The molecule has 4 aromatic rings. The van der Waals surface area contributed by atoms with Gasteiger partial charge in [-0.1, -0.05) is 36.4 Å². The Morgan fingerprint density at radius 1 is 1.16 bits per heavy atom. The van der Waals surface area contributed by atoms with E-state index in [1.54, 1.807) is 66.1 Å². The number of rotatable bonds is 5. The quantitative estimate of drug-likeness (QED) is 0.454. The van der Waals surface area contributed by atoms with Crippen LogP contribution in [0, 0.1) is 12.4 Å². The van der Waals surface area contributed by atoms with Gasteiger partial charge in [-0.25, -0.2) is 14.2 Å². The monoisotopic (exact) mass is 414 g/mol. The highest BCUT2D eigenvalue weighted by atomic mass is 19.1. The fraction of sp³-hybridized carbons (Fsp3) is 0.125. The van der Waals surface area contributed by atoms with Gasteiger partial charge in [0.05, 0.1) is 29.6 Å². The summed E-state index contributed by atoms with van der Waals surface area (Å²) in [7, 11) is 0. The Labute approximate surface area is 178 Å². The van der Waals surface area contributed by atoms with E-state index in [0.29, 0.717) is 28.0 Å². The minimum absolute atomic E-state index is 0.184. The van der Waals surface area contributed by atoms with Gasteiger partial charge in [0.25, 0.3) is 0 Å². The van der Waals surface area contributed by atoms with Gasteiger partial charge in [0, 0.05) is 5.69 Å². The van der Waals surface area contributed by atoms with Crippen molar-refractivity contribution >= 4 is 28.6 Å². The smallest absolute Gasteiger partial charge is 0.229 e. The van der Waals surface area contributed by atoms with Crippen molar-refractivity contribution in [3.8, 4) is 5.69 Å². The van der Waals surface area contributed by atoms with E-state index in [9.17, 15) is 14.3 Å². The van der Waals surface area contributed by atoms with Gasteiger partial charge in [0.1, 0.15) is 5.82 Å². The number of hydrogen-bond donors (Lipinski definition) is 2. The van der Waals surface area contributed by atoms with E-state index in [1.807, 2.05) is 6.07 Å². The molecule has 0 aliphatic rings. The van der Waals surface area contributed by atoms with Crippen LogP contribution in [0.25, 0.3) is 21.6 Å². The molecule has 0 fully saturated rings. The first-order chi connectivity index (χ1) is 14.9. The van der Waals surface area contributed by atoms with Crippen molar-refractivity contribution in [3.05, 3.63) is 95.6 Å². The summed E-state index contributed by atoms with van der Waals surface area (Å²) in [5, 5.41) is 13.6. The van der Waals surface area contributed by atoms with Gasteiger partial charge in [-0.2, -0.15) is 0 Å². The van der Waals surface area contributed by atoms with Gasteiger partial charge >= 0.3 is 0 Å². The summed E-state index contributed by atoms with van der Waals surface area (Å²) >= 11 is 0. The number of carbonyl (C=O) groups is 1. The first-order valence-corrected chi connectivity index (χ1v) is 9.61. The van der Waals surface area contributed by atoms with Crippen LogP contribution in [-0.2, 0) is 10.4 Å². The van der Waals surface area contributed by atoms with Crippen molar-refractivity contribution in [3.63, 3.8) is 0 Å². The van der Waals surface area contributed by atoms with E-state index in [1.165, 1.54) is 12.1 Å². The normalized spacial score (nSPS) is 12.8. The molecule has 0 saturated carbocycles. The second-order valence-corrected chi connectivity index (χ2v) is 7.40. The fourth-order valence-corrected chi connectivity index (χ4v) is 3.45. The molecule has 7 heteroatoms. The SMILES string of the molecule is [C-]#[N+]c1ccc2nc(NC(=O)C[C@@](C)(O)c3ccccc3)n(-c3ccc(F)cc3)c2c1. The van der Waals surface area contributed by atoms with Crippen LogP contribution in [0.3, 0.4) is 0 Å². The number of halogens is 1. The molecule has 0 radical (unpaired) electrons. The topological polar surface area (TPSA) is 71.5 Å². The summed E-state index contributed by atoms with van der Waals surface area (Å²) in [6.07, 6.45) is -0.184. The Morgan fingerprint density at radius 2 is 1.87 bits per heavy atom. The van der Waals surface area contributed by atoms with Crippen molar-refractivity contribution in [1.29, 1.82) is 0 Å². The Bertz CT molecular complexity index is 1290. The van der Waals surface area contributed by atoms with Crippen LogP contribution >= 0.6 is 0 Å². The number of fused-ring (bicyclic) bond motifs is 1. The number of aliphatic hydroxyl groups is 1. The Balaban J connectivity index is 1.71. The van der Waals surface area contributed by atoms with Gasteiger partial charge in [0.15, 0.2) is 5.69 Å². The van der Waals surface area contributed by atoms with Crippen molar-refractivity contribution < 1.29 is 14.3 Å². The Hall–Kier alpha value is -4.02. The molecular weight excluding hydrogens is 395 g/mol. The molecule has 1 aromatic heterocycles. The third-order valence-corrected chi connectivity index (χ3v) is 5.00. The van der Waals surface area contributed by atoms with Crippen LogP contribution in [0.5, 0.6) is 0 Å². The highest BCUT2D eigenvalue weighted by Crippen LogP contribution is 2.29. The lowest BCUT2D eigenvalue weighted by Gasteiger charge is -2.23. The van der Waals surface area contributed by atoms with Gasteiger partial charge in [-0.3, -0.25) is 14.7 Å². The second-order valence-electron chi connectivity index (χ2n) is 7.40. The maximum absolute atomic E-state index is 13.5. The average molecular weight is 414 g/mol. The molecule has 31 heavy (non-hydrogen) atoms. The number of amides is 1. The number of aromatic nitrogens is 2. The van der Waals surface area contributed by atoms with Crippen LogP contribution in [-0.4, -0.2) is 20.6 Å². The number of anilines is 1.